The minimum absolute atomic E-state index is 0.148. The van der Waals surface area contributed by atoms with Crippen molar-refractivity contribution >= 4 is 61.8 Å². The summed E-state index contributed by atoms with van der Waals surface area (Å²) in [7, 11) is -4.00. The number of carbonyl (C=O) groups is 1. The molecule has 2 heterocycles. The number of rotatable bonds is 7. The lowest BCUT2D eigenvalue weighted by atomic mass is 10.3. The summed E-state index contributed by atoms with van der Waals surface area (Å²) in [6, 6.07) is 7.80. The van der Waals surface area contributed by atoms with E-state index in [2.05, 4.69) is 6.58 Å². The van der Waals surface area contributed by atoms with Crippen molar-refractivity contribution in [2.45, 2.75) is 11.3 Å². The molecule has 10 heteroatoms. The SMILES string of the molecule is C=CCN1C(=O)/C(=C\C=C2/Sc3ccccc3N2CCCS(=O)(=O)O)SC1=S. The summed E-state index contributed by atoms with van der Waals surface area (Å²) in [5.74, 6) is -0.450. The molecule has 2 aliphatic heterocycles. The largest absolute Gasteiger partial charge is 0.335 e. The molecule has 6 nitrogen and oxygen atoms in total. The van der Waals surface area contributed by atoms with E-state index in [0.29, 0.717) is 22.3 Å². The molecular formula is C18H18N2O4S4. The molecule has 0 aromatic heterocycles. The Morgan fingerprint density at radius 2 is 1.93 bits per heavy atom. The van der Waals surface area contributed by atoms with Crippen molar-refractivity contribution in [3.63, 3.8) is 0 Å². The molecule has 1 N–H and O–H groups in total. The van der Waals surface area contributed by atoms with Crippen LogP contribution in [0.1, 0.15) is 6.42 Å². The lowest BCUT2D eigenvalue weighted by molar-refractivity contribution is -0.121. The first-order valence-electron chi connectivity index (χ1n) is 8.36. The Bertz CT molecular complexity index is 985. The second-order valence-electron chi connectivity index (χ2n) is 5.97. The fourth-order valence-corrected chi connectivity index (χ4v) is 5.56. The van der Waals surface area contributed by atoms with E-state index in [1.165, 1.54) is 16.7 Å². The number of carbonyl (C=O) groups excluding carboxylic acids is 1. The molecule has 28 heavy (non-hydrogen) atoms. The number of para-hydroxylation sites is 1. The summed E-state index contributed by atoms with van der Waals surface area (Å²) in [4.78, 5) is 17.5. The molecule has 1 saturated heterocycles. The Morgan fingerprint density at radius 3 is 2.64 bits per heavy atom. The summed E-state index contributed by atoms with van der Waals surface area (Å²) in [5, 5.41) is 0.880. The van der Waals surface area contributed by atoms with Crippen LogP contribution in [0.2, 0.25) is 0 Å². The third-order valence-electron chi connectivity index (χ3n) is 3.98. The van der Waals surface area contributed by atoms with Gasteiger partial charge in [0.05, 0.1) is 21.4 Å². The lowest BCUT2D eigenvalue weighted by Crippen LogP contribution is -2.27. The van der Waals surface area contributed by atoms with Crippen molar-refractivity contribution in [1.29, 1.82) is 0 Å². The fourth-order valence-electron chi connectivity index (χ4n) is 2.76. The Balaban J connectivity index is 1.82. The molecule has 1 amide bonds. The molecule has 0 atom stereocenters. The molecule has 1 fully saturated rings. The average molecular weight is 455 g/mol. The third-order valence-corrected chi connectivity index (χ3v) is 7.31. The lowest BCUT2D eigenvalue weighted by Gasteiger charge is -2.19. The number of hydrogen-bond acceptors (Lipinski definition) is 7. The van der Waals surface area contributed by atoms with Crippen LogP contribution in [0.3, 0.4) is 0 Å². The molecule has 0 saturated carbocycles. The third kappa shape index (κ3) is 4.87. The van der Waals surface area contributed by atoms with Crippen LogP contribution in [0.4, 0.5) is 5.69 Å². The van der Waals surface area contributed by atoms with Crippen molar-refractivity contribution in [3.05, 3.63) is 59.0 Å². The van der Waals surface area contributed by atoms with Gasteiger partial charge >= 0.3 is 0 Å². The average Bonchev–Trinajstić information content (AvgIpc) is 3.11. The number of nitrogens with zero attached hydrogens (tertiary/aromatic N) is 2. The number of anilines is 1. The van der Waals surface area contributed by atoms with Crippen LogP contribution in [-0.2, 0) is 14.9 Å². The van der Waals surface area contributed by atoms with E-state index in [1.54, 1.807) is 23.9 Å². The Labute approximate surface area is 178 Å². The molecular weight excluding hydrogens is 436 g/mol. The monoisotopic (exact) mass is 454 g/mol. The molecule has 148 valence electrons. The van der Waals surface area contributed by atoms with Crippen LogP contribution in [-0.4, -0.2) is 46.9 Å². The van der Waals surface area contributed by atoms with Gasteiger partial charge in [0.2, 0.25) is 0 Å². The highest BCUT2D eigenvalue weighted by molar-refractivity contribution is 8.26. The summed E-state index contributed by atoms with van der Waals surface area (Å²) in [6.45, 7) is 4.45. The maximum Gasteiger partial charge on any atom is 0.266 e. The van der Waals surface area contributed by atoms with E-state index in [-0.39, 0.29) is 18.1 Å². The summed E-state index contributed by atoms with van der Waals surface area (Å²) in [6.07, 6.45) is 5.50. The molecule has 3 rings (SSSR count). The number of fused-ring (bicyclic) bond motifs is 1. The van der Waals surface area contributed by atoms with E-state index in [9.17, 15) is 13.2 Å². The topological polar surface area (TPSA) is 77.9 Å². The number of benzene rings is 1. The summed E-state index contributed by atoms with van der Waals surface area (Å²) >= 11 is 8.04. The van der Waals surface area contributed by atoms with Crippen LogP contribution in [0.25, 0.3) is 0 Å². The van der Waals surface area contributed by atoms with Crippen LogP contribution < -0.4 is 4.90 Å². The van der Waals surface area contributed by atoms with Crippen molar-refractivity contribution in [2.75, 3.05) is 23.7 Å². The Hall–Kier alpha value is -1.59. The molecule has 0 unspecified atom stereocenters. The zero-order valence-corrected chi connectivity index (χ0v) is 18.0. The maximum absolute atomic E-state index is 12.5. The van der Waals surface area contributed by atoms with Crippen LogP contribution in [0.5, 0.6) is 0 Å². The molecule has 2 aliphatic rings. The molecule has 0 spiro atoms. The van der Waals surface area contributed by atoms with Gasteiger partial charge in [-0.2, -0.15) is 8.42 Å². The first-order valence-corrected chi connectivity index (χ1v) is 12.0. The van der Waals surface area contributed by atoms with Gasteiger partial charge in [0.1, 0.15) is 4.32 Å². The van der Waals surface area contributed by atoms with E-state index < -0.39 is 10.1 Å². The minimum Gasteiger partial charge on any atom is -0.335 e. The number of amides is 1. The normalized spacial score (nSPS) is 19.8. The van der Waals surface area contributed by atoms with Gasteiger partial charge in [0, 0.05) is 18.0 Å². The van der Waals surface area contributed by atoms with Gasteiger partial charge in [0.25, 0.3) is 16.0 Å². The van der Waals surface area contributed by atoms with Crippen molar-refractivity contribution in [1.82, 2.24) is 4.90 Å². The molecule has 0 aliphatic carbocycles. The fraction of sp³-hybridized carbons (Fsp3) is 0.222. The number of hydrogen-bond donors (Lipinski definition) is 1. The van der Waals surface area contributed by atoms with Gasteiger partial charge in [-0.3, -0.25) is 14.2 Å². The summed E-state index contributed by atoms with van der Waals surface area (Å²) < 4.78 is 31.5. The Kier molecular flexibility index (Phi) is 6.66. The maximum atomic E-state index is 12.5. The van der Waals surface area contributed by atoms with Crippen LogP contribution >= 0.6 is 35.7 Å². The second-order valence-corrected chi connectivity index (χ2v) is 10.3. The second kappa shape index (κ2) is 8.83. The standard InChI is InChI=1S/C18H18N2O4S4/c1-2-10-20-17(21)15(27-18(20)25)8-9-16-19(11-5-12-28(22,23)24)13-6-3-4-7-14(13)26-16/h2-4,6-9H,1,5,10-12H2,(H,22,23,24)/b15-8+,16-9-. The highest BCUT2D eigenvalue weighted by Crippen LogP contribution is 2.46. The number of allylic oxidation sites excluding steroid dienone is 2. The predicted molar refractivity (Wildman–Crippen MR) is 119 cm³/mol. The predicted octanol–water partition coefficient (Wildman–Crippen LogP) is 3.65. The van der Waals surface area contributed by atoms with E-state index in [1.807, 2.05) is 35.2 Å². The molecule has 1 aromatic carbocycles. The van der Waals surface area contributed by atoms with Gasteiger partial charge < -0.3 is 4.90 Å². The molecule has 1 aromatic rings. The molecule has 0 bridgehead atoms. The van der Waals surface area contributed by atoms with E-state index >= 15 is 0 Å². The highest BCUT2D eigenvalue weighted by atomic mass is 32.2. The van der Waals surface area contributed by atoms with E-state index in [4.69, 9.17) is 16.8 Å². The molecule has 0 radical (unpaired) electrons. The zero-order valence-electron chi connectivity index (χ0n) is 14.8. The van der Waals surface area contributed by atoms with E-state index in [0.717, 1.165) is 15.6 Å². The first kappa shape index (κ1) is 21.1. The zero-order chi connectivity index (χ0) is 20.3. The Morgan fingerprint density at radius 1 is 1.18 bits per heavy atom. The minimum atomic E-state index is -4.00. The summed E-state index contributed by atoms with van der Waals surface area (Å²) in [5.41, 5.74) is 0.974. The number of thiocarbonyl (C=S) groups is 1. The smallest absolute Gasteiger partial charge is 0.266 e. The van der Waals surface area contributed by atoms with Gasteiger partial charge in [-0.05, 0) is 30.7 Å². The van der Waals surface area contributed by atoms with Gasteiger partial charge in [-0.25, -0.2) is 0 Å². The van der Waals surface area contributed by atoms with Gasteiger partial charge in [-0.15, -0.1) is 6.58 Å². The van der Waals surface area contributed by atoms with Crippen molar-refractivity contribution in [3.8, 4) is 0 Å². The van der Waals surface area contributed by atoms with Crippen LogP contribution in [0, 0.1) is 0 Å². The quantitative estimate of drug-likeness (QED) is 0.290. The van der Waals surface area contributed by atoms with Crippen molar-refractivity contribution < 1.29 is 17.8 Å². The highest BCUT2D eigenvalue weighted by Gasteiger charge is 2.31. The first-order chi connectivity index (χ1) is 13.3. The van der Waals surface area contributed by atoms with Gasteiger partial charge in [0.15, 0.2) is 0 Å². The van der Waals surface area contributed by atoms with Crippen molar-refractivity contribution in [2.24, 2.45) is 0 Å². The van der Waals surface area contributed by atoms with Gasteiger partial charge in [-0.1, -0.05) is 54.0 Å². The van der Waals surface area contributed by atoms with Crippen LogP contribution in [0.15, 0.2) is 63.9 Å². The number of thioether (sulfide) groups is 2.